The second-order valence-corrected chi connectivity index (χ2v) is 8.25. The van der Waals surface area contributed by atoms with Gasteiger partial charge < -0.3 is 4.74 Å². The molecular weight excluding hydrogens is 402 g/mol. The summed E-state index contributed by atoms with van der Waals surface area (Å²) < 4.78 is 6.55. The number of thioether (sulfide) groups is 1. The first-order valence-corrected chi connectivity index (χ1v) is 10.6. The third kappa shape index (κ3) is 5.95. The van der Waals surface area contributed by atoms with E-state index in [-0.39, 0.29) is 5.91 Å². The van der Waals surface area contributed by atoms with Crippen LogP contribution in [0.4, 0.5) is 5.13 Å². The van der Waals surface area contributed by atoms with Crippen LogP contribution in [0.5, 0.6) is 5.75 Å². The number of anilines is 1. The van der Waals surface area contributed by atoms with Gasteiger partial charge in [-0.25, -0.2) is 0 Å². The zero-order chi connectivity index (χ0) is 19.1. The second kappa shape index (κ2) is 9.73. The Morgan fingerprint density at radius 2 is 2.04 bits per heavy atom. The quantitative estimate of drug-likeness (QED) is 0.397. The number of amides is 1. The maximum atomic E-state index is 12.5. The van der Waals surface area contributed by atoms with Crippen LogP contribution in [-0.2, 0) is 10.5 Å². The molecule has 2 aromatic carbocycles. The molecule has 0 radical (unpaired) electrons. The molecule has 140 valence electrons. The highest BCUT2D eigenvalue weighted by Gasteiger charge is 2.20. The Morgan fingerprint density at radius 1 is 1.22 bits per heavy atom. The van der Waals surface area contributed by atoms with Crippen molar-refractivity contribution in [1.29, 1.82) is 0 Å². The molecule has 0 unspecified atom stereocenters. The molecule has 27 heavy (non-hydrogen) atoms. The highest BCUT2D eigenvalue weighted by atomic mass is 35.5. The van der Waals surface area contributed by atoms with E-state index in [1.165, 1.54) is 16.9 Å². The molecule has 1 N–H and O–H groups in total. The molecule has 3 rings (SSSR count). The first kappa shape index (κ1) is 19.7. The van der Waals surface area contributed by atoms with Gasteiger partial charge >= 0.3 is 0 Å². The van der Waals surface area contributed by atoms with Crippen molar-refractivity contribution in [2.45, 2.75) is 29.5 Å². The number of aromatic nitrogens is 2. The standard InChI is InChI=1S/C19H18ClN3O2S2/c1-2-16(25-15-10-6-9-14(20)11-15)17(24)21-18-22-23-19(27-18)26-12-13-7-4-3-5-8-13/h3-11,16H,2,12H2,1H3,(H,21,22,24)/t16-/m1/s1. The monoisotopic (exact) mass is 419 g/mol. The average molecular weight is 420 g/mol. The zero-order valence-electron chi connectivity index (χ0n) is 14.6. The van der Waals surface area contributed by atoms with Gasteiger partial charge in [-0.3, -0.25) is 10.1 Å². The summed E-state index contributed by atoms with van der Waals surface area (Å²) in [6.45, 7) is 1.88. The molecule has 8 heteroatoms. The number of nitrogens with zero attached hydrogens (tertiary/aromatic N) is 2. The number of carbonyl (C=O) groups excluding carboxylic acids is 1. The van der Waals surface area contributed by atoms with Crippen LogP contribution in [0.2, 0.25) is 5.02 Å². The van der Waals surface area contributed by atoms with E-state index in [2.05, 4.69) is 27.6 Å². The van der Waals surface area contributed by atoms with E-state index in [1.54, 1.807) is 36.0 Å². The average Bonchev–Trinajstić information content (AvgIpc) is 3.12. The molecule has 1 heterocycles. The van der Waals surface area contributed by atoms with E-state index in [1.807, 2.05) is 25.1 Å². The highest BCUT2D eigenvalue weighted by molar-refractivity contribution is 8.00. The van der Waals surface area contributed by atoms with Crippen molar-refractivity contribution in [1.82, 2.24) is 10.2 Å². The summed E-state index contributed by atoms with van der Waals surface area (Å²) in [5.41, 5.74) is 1.21. The van der Waals surface area contributed by atoms with Crippen molar-refractivity contribution >= 4 is 45.7 Å². The molecule has 0 bridgehead atoms. The van der Waals surface area contributed by atoms with Gasteiger partial charge in [0.15, 0.2) is 10.4 Å². The van der Waals surface area contributed by atoms with Crippen molar-refractivity contribution in [3.63, 3.8) is 0 Å². The predicted octanol–water partition coefficient (Wildman–Crippen LogP) is 5.28. The topological polar surface area (TPSA) is 64.1 Å². The molecule has 0 aliphatic heterocycles. The lowest BCUT2D eigenvalue weighted by molar-refractivity contribution is -0.122. The smallest absolute Gasteiger partial charge is 0.267 e. The Kier molecular flexibility index (Phi) is 7.09. The van der Waals surface area contributed by atoms with E-state index in [9.17, 15) is 4.79 Å². The first-order chi connectivity index (χ1) is 13.1. The lowest BCUT2D eigenvalue weighted by Gasteiger charge is -2.16. The van der Waals surface area contributed by atoms with Crippen molar-refractivity contribution in [2.75, 3.05) is 5.32 Å². The summed E-state index contributed by atoms with van der Waals surface area (Å²) in [5.74, 6) is 1.10. The second-order valence-electron chi connectivity index (χ2n) is 5.61. The molecule has 0 saturated heterocycles. The van der Waals surface area contributed by atoms with Gasteiger partial charge in [-0.2, -0.15) is 0 Å². The third-order valence-electron chi connectivity index (χ3n) is 3.58. The number of benzene rings is 2. The predicted molar refractivity (Wildman–Crippen MR) is 111 cm³/mol. The number of rotatable bonds is 8. The Bertz CT molecular complexity index is 889. The molecule has 0 aliphatic rings. The maximum Gasteiger partial charge on any atom is 0.267 e. The van der Waals surface area contributed by atoms with Crippen LogP contribution in [0.1, 0.15) is 18.9 Å². The van der Waals surface area contributed by atoms with Crippen LogP contribution >= 0.6 is 34.7 Å². The molecule has 0 fully saturated rings. The Morgan fingerprint density at radius 3 is 2.78 bits per heavy atom. The normalized spacial score (nSPS) is 11.8. The summed E-state index contributed by atoms with van der Waals surface area (Å²) in [4.78, 5) is 12.5. The summed E-state index contributed by atoms with van der Waals surface area (Å²) in [6, 6.07) is 17.1. The SMILES string of the molecule is CC[C@@H](Oc1cccc(Cl)c1)C(=O)Nc1nnc(SCc2ccccc2)s1. The third-order valence-corrected chi connectivity index (χ3v) is 5.86. The van der Waals surface area contributed by atoms with E-state index in [4.69, 9.17) is 16.3 Å². The van der Waals surface area contributed by atoms with E-state index in [0.717, 1.165) is 10.1 Å². The molecule has 0 spiro atoms. The van der Waals surface area contributed by atoms with Crippen LogP contribution in [0.15, 0.2) is 58.9 Å². The van der Waals surface area contributed by atoms with Gasteiger partial charge in [0, 0.05) is 10.8 Å². The van der Waals surface area contributed by atoms with Gasteiger partial charge in [-0.1, -0.05) is 78.0 Å². The summed E-state index contributed by atoms with van der Waals surface area (Å²) in [6.07, 6.45) is -0.111. The largest absolute Gasteiger partial charge is 0.481 e. The lowest BCUT2D eigenvalue weighted by Crippen LogP contribution is -2.32. The van der Waals surface area contributed by atoms with Gasteiger partial charge in [-0.15, -0.1) is 10.2 Å². The molecular formula is C19H18ClN3O2S2. The van der Waals surface area contributed by atoms with Crippen molar-refractivity contribution in [3.05, 3.63) is 65.2 Å². The number of halogens is 1. The van der Waals surface area contributed by atoms with Crippen LogP contribution in [-0.4, -0.2) is 22.2 Å². The number of nitrogens with one attached hydrogen (secondary N) is 1. The number of carbonyl (C=O) groups is 1. The minimum atomic E-state index is -0.632. The minimum absolute atomic E-state index is 0.256. The Balaban J connectivity index is 1.55. The van der Waals surface area contributed by atoms with Gasteiger partial charge in [0.25, 0.3) is 5.91 Å². The van der Waals surface area contributed by atoms with Crippen LogP contribution in [0.25, 0.3) is 0 Å². The number of ether oxygens (including phenoxy) is 1. The fourth-order valence-corrected chi connectivity index (χ4v) is 4.14. The highest BCUT2D eigenvalue weighted by Crippen LogP contribution is 2.28. The van der Waals surface area contributed by atoms with E-state index >= 15 is 0 Å². The van der Waals surface area contributed by atoms with E-state index in [0.29, 0.717) is 22.3 Å². The number of hydrogen-bond acceptors (Lipinski definition) is 6. The molecule has 1 atom stereocenters. The van der Waals surface area contributed by atoms with Gasteiger partial charge in [-0.05, 0) is 30.2 Å². The van der Waals surface area contributed by atoms with Gasteiger partial charge in [0.05, 0.1) is 0 Å². The molecule has 1 aromatic heterocycles. The summed E-state index contributed by atoms with van der Waals surface area (Å²) in [5, 5.41) is 12.0. The van der Waals surface area contributed by atoms with Gasteiger partial charge in [0.1, 0.15) is 5.75 Å². The lowest BCUT2D eigenvalue weighted by atomic mass is 10.2. The van der Waals surface area contributed by atoms with Crippen LogP contribution in [0.3, 0.4) is 0 Å². The summed E-state index contributed by atoms with van der Waals surface area (Å²) in [7, 11) is 0. The van der Waals surface area contributed by atoms with Gasteiger partial charge in [0.2, 0.25) is 5.13 Å². The molecule has 0 saturated carbocycles. The first-order valence-electron chi connectivity index (χ1n) is 8.37. The minimum Gasteiger partial charge on any atom is -0.481 e. The van der Waals surface area contributed by atoms with Crippen LogP contribution < -0.4 is 10.1 Å². The van der Waals surface area contributed by atoms with Crippen molar-refractivity contribution < 1.29 is 9.53 Å². The van der Waals surface area contributed by atoms with E-state index < -0.39 is 6.10 Å². The number of hydrogen-bond donors (Lipinski definition) is 1. The van der Waals surface area contributed by atoms with Crippen LogP contribution in [0, 0.1) is 0 Å². The Hall–Kier alpha value is -2.09. The fraction of sp³-hybridized carbons (Fsp3) is 0.211. The zero-order valence-corrected chi connectivity index (χ0v) is 17.0. The van der Waals surface area contributed by atoms with Crippen molar-refractivity contribution in [3.8, 4) is 5.75 Å². The van der Waals surface area contributed by atoms with Crippen molar-refractivity contribution in [2.24, 2.45) is 0 Å². The summed E-state index contributed by atoms with van der Waals surface area (Å²) >= 11 is 8.89. The molecule has 3 aromatic rings. The molecule has 0 aliphatic carbocycles. The maximum absolute atomic E-state index is 12.5. The molecule has 5 nitrogen and oxygen atoms in total. The Labute approximate surface area is 171 Å². The molecule has 1 amide bonds. The fourth-order valence-electron chi connectivity index (χ4n) is 2.25.